The number of nitrogens with zero attached hydrogens (tertiary/aromatic N) is 2. The summed E-state index contributed by atoms with van der Waals surface area (Å²) < 4.78 is 6.94. The highest BCUT2D eigenvalue weighted by Crippen LogP contribution is 2.44. The van der Waals surface area contributed by atoms with Crippen LogP contribution in [0.5, 0.6) is 0 Å². The van der Waals surface area contributed by atoms with Gasteiger partial charge in [-0.2, -0.15) is 0 Å². The summed E-state index contributed by atoms with van der Waals surface area (Å²) in [5, 5.41) is 4.45. The molecule has 0 N–H and O–H groups in total. The second-order valence-electron chi connectivity index (χ2n) is 14.9. The van der Waals surface area contributed by atoms with Crippen molar-refractivity contribution in [3.05, 3.63) is 218 Å². The van der Waals surface area contributed by atoms with Crippen LogP contribution in [0, 0.1) is 0 Å². The summed E-state index contributed by atoms with van der Waals surface area (Å²) >= 11 is 0. The van der Waals surface area contributed by atoms with Crippen molar-refractivity contribution in [2.45, 2.75) is 0 Å². The number of fused-ring (bicyclic) bond motifs is 5. The highest BCUT2D eigenvalue weighted by molar-refractivity contribution is 6.21. The van der Waals surface area contributed by atoms with Crippen LogP contribution in [0.3, 0.4) is 0 Å². The average molecular weight is 753 g/mol. The van der Waals surface area contributed by atoms with Crippen LogP contribution in [-0.2, 0) is 0 Å². The molecule has 0 amide bonds. The molecule has 3 heteroatoms. The van der Waals surface area contributed by atoms with Gasteiger partial charge in [-0.25, -0.2) is 9.97 Å². The largest absolute Gasteiger partial charge is 0.455 e. The van der Waals surface area contributed by atoms with Gasteiger partial charge in [-0.15, -0.1) is 0 Å². The van der Waals surface area contributed by atoms with Crippen molar-refractivity contribution < 1.29 is 4.42 Å². The fourth-order valence-corrected chi connectivity index (χ4v) is 8.45. The molecule has 0 spiro atoms. The van der Waals surface area contributed by atoms with Crippen LogP contribution in [0.25, 0.3) is 111 Å². The molecule has 0 fully saturated rings. The summed E-state index contributed by atoms with van der Waals surface area (Å²) in [4.78, 5) is 10.1. The lowest BCUT2D eigenvalue weighted by Gasteiger charge is -2.12. The molecule has 0 saturated heterocycles. The molecule has 276 valence electrons. The van der Waals surface area contributed by atoms with E-state index in [-0.39, 0.29) is 0 Å². The van der Waals surface area contributed by atoms with Crippen LogP contribution in [0.2, 0.25) is 0 Å². The predicted molar refractivity (Wildman–Crippen MR) is 245 cm³/mol. The van der Waals surface area contributed by atoms with Crippen molar-refractivity contribution in [1.29, 1.82) is 0 Å². The first-order valence-corrected chi connectivity index (χ1v) is 20.0. The van der Waals surface area contributed by atoms with Crippen LogP contribution in [-0.4, -0.2) is 9.97 Å². The first kappa shape index (κ1) is 34.4. The van der Waals surface area contributed by atoms with Crippen molar-refractivity contribution in [3.63, 3.8) is 0 Å². The van der Waals surface area contributed by atoms with Crippen LogP contribution >= 0.6 is 0 Å². The van der Waals surface area contributed by atoms with Crippen LogP contribution in [0.15, 0.2) is 223 Å². The van der Waals surface area contributed by atoms with Crippen molar-refractivity contribution in [2.75, 3.05) is 0 Å². The highest BCUT2D eigenvalue weighted by atomic mass is 16.3. The lowest BCUT2D eigenvalue weighted by atomic mass is 9.92. The third-order valence-electron chi connectivity index (χ3n) is 11.3. The Morgan fingerprint density at radius 2 is 0.729 bits per heavy atom. The van der Waals surface area contributed by atoms with E-state index in [4.69, 9.17) is 14.4 Å². The Balaban J connectivity index is 1.03. The molecule has 0 atom stereocenters. The van der Waals surface area contributed by atoms with Crippen LogP contribution in [0.1, 0.15) is 0 Å². The molecule has 3 nitrogen and oxygen atoms in total. The van der Waals surface area contributed by atoms with E-state index in [1.54, 1.807) is 0 Å². The van der Waals surface area contributed by atoms with E-state index in [1.165, 1.54) is 16.7 Å². The van der Waals surface area contributed by atoms with Gasteiger partial charge in [-0.05, 0) is 68.6 Å². The Morgan fingerprint density at radius 3 is 1.46 bits per heavy atom. The molecule has 0 radical (unpaired) electrons. The Morgan fingerprint density at radius 1 is 0.254 bits per heavy atom. The second-order valence-corrected chi connectivity index (χ2v) is 14.9. The highest BCUT2D eigenvalue weighted by Gasteiger charge is 2.19. The van der Waals surface area contributed by atoms with E-state index >= 15 is 0 Å². The minimum Gasteiger partial charge on any atom is -0.455 e. The number of hydrogen-bond acceptors (Lipinski definition) is 3. The molecule has 11 rings (SSSR count). The standard InChI is InChI=1S/C56H36N2O/c1-4-17-37(18-5-1)44-27-10-11-28-45(44)48-31-16-32-49-51-35-50(46-29-12-13-30-47(46)55(51)59-54(48)49)42-25-14-23-40(33-42)41-24-15-26-43(34-41)53-36-52(38-19-6-2-7-20-38)57-56(58-53)39-21-8-3-9-22-39/h1-36H. The van der Waals surface area contributed by atoms with Crippen LogP contribution in [0.4, 0.5) is 0 Å². The molecule has 0 unspecified atom stereocenters. The quantitative estimate of drug-likeness (QED) is 0.163. The maximum absolute atomic E-state index is 6.94. The van der Waals surface area contributed by atoms with Crippen molar-refractivity contribution >= 4 is 32.7 Å². The van der Waals surface area contributed by atoms with Gasteiger partial charge in [0.2, 0.25) is 0 Å². The molecule has 0 aliphatic heterocycles. The van der Waals surface area contributed by atoms with E-state index in [1.807, 2.05) is 36.4 Å². The normalized spacial score (nSPS) is 11.4. The number of furan rings is 1. The van der Waals surface area contributed by atoms with Gasteiger partial charge in [-0.1, -0.05) is 194 Å². The molecule has 9 aromatic carbocycles. The Hall–Kier alpha value is -7.88. The molecular formula is C56H36N2O. The van der Waals surface area contributed by atoms with Crippen LogP contribution < -0.4 is 0 Å². The predicted octanol–water partition coefficient (Wildman–Crippen LogP) is 15.2. The maximum atomic E-state index is 6.94. The van der Waals surface area contributed by atoms with Gasteiger partial charge in [0.25, 0.3) is 0 Å². The minimum absolute atomic E-state index is 0.705. The number of para-hydroxylation sites is 1. The molecule has 0 saturated carbocycles. The molecule has 2 heterocycles. The first-order valence-electron chi connectivity index (χ1n) is 20.0. The van der Waals surface area contributed by atoms with Crippen molar-refractivity contribution in [1.82, 2.24) is 9.97 Å². The molecule has 0 aliphatic rings. The van der Waals surface area contributed by atoms with Gasteiger partial charge in [0, 0.05) is 38.4 Å². The van der Waals surface area contributed by atoms with Gasteiger partial charge in [0.15, 0.2) is 5.82 Å². The zero-order valence-corrected chi connectivity index (χ0v) is 32.1. The lowest BCUT2D eigenvalue weighted by molar-refractivity contribution is 0.674. The van der Waals surface area contributed by atoms with E-state index < -0.39 is 0 Å². The third kappa shape index (κ3) is 6.26. The zero-order chi connectivity index (χ0) is 39.1. The first-order chi connectivity index (χ1) is 29.2. The maximum Gasteiger partial charge on any atom is 0.160 e. The lowest BCUT2D eigenvalue weighted by Crippen LogP contribution is -1.96. The summed E-state index contributed by atoms with van der Waals surface area (Å²) in [6, 6.07) is 76.8. The van der Waals surface area contributed by atoms with Gasteiger partial charge < -0.3 is 4.42 Å². The molecule has 0 aliphatic carbocycles. The molecule has 2 aromatic heterocycles. The Kier molecular flexibility index (Phi) is 8.49. The van der Waals surface area contributed by atoms with Gasteiger partial charge in [0.1, 0.15) is 11.2 Å². The fourth-order valence-electron chi connectivity index (χ4n) is 8.45. The number of rotatable bonds is 7. The smallest absolute Gasteiger partial charge is 0.160 e. The summed E-state index contributed by atoms with van der Waals surface area (Å²) in [5.74, 6) is 0.705. The monoisotopic (exact) mass is 752 g/mol. The topological polar surface area (TPSA) is 38.9 Å². The molecular weight excluding hydrogens is 717 g/mol. The fraction of sp³-hybridized carbons (Fsp3) is 0. The zero-order valence-electron chi connectivity index (χ0n) is 32.1. The Labute approximate surface area is 342 Å². The van der Waals surface area contributed by atoms with Gasteiger partial charge >= 0.3 is 0 Å². The molecule has 59 heavy (non-hydrogen) atoms. The summed E-state index contributed by atoms with van der Waals surface area (Å²) in [6.07, 6.45) is 0. The van der Waals surface area contributed by atoms with Gasteiger partial charge in [-0.3, -0.25) is 0 Å². The van der Waals surface area contributed by atoms with E-state index in [9.17, 15) is 0 Å². The summed E-state index contributed by atoms with van der Waals surface area (Å²) in [6.45, 7) is 0. The SMILES string of the molecule is c1ccc(-c2cc(-c3cccc(-c4cccc(-c5cc6c7cccc(-c8ccccc8-c8ccccc8)c7oc6c6ccccc56)c4)c3)nc(-c3ccccc3)n2)cc1. The third-order valence-corrected chi connectivity index (χ3v) is 11.3. The average Bonchev–Trinajstić information content (AvgIpc) is 3.71. The van der Waals surface area contributed by atoms with E-state index in [0.29, 0.717) is 5.82 Å². The minimum atomic E-state index is 0.705. The number of hydrogen-bond donors (Lipinski definition) is 0. The summed E-state index contributed by atoms with van der Waals surface area (Å²) in [7, 11) is 0. The second kappa shape index (κ2) is 14.6. The van der Waals surface area contributed by atoms with Crippen molar-refractivity contribution in [2.24, 2.45) is 0 Å². The van der Waals surface area contributed by atoms with Gasteiger partial charge in [0.05, 0.1) is 11.4 Å². The number of benzene rings is 9. The van der Waals surface area contributed by atoms with E-state index in [2.05, 4.69) is 182 Å². The Bertz CT molecular complexity index is 3260. The molecule has 11 aromatic rings. The molecule has 0 bridgehead atoms. The van der Waals surface area contributed by atoms with Crippen molar-refractivity contribution in [3.8, 4) is 78.4 Å². The van der Waals surface area contributed by atoms with E-state index in [0.717, 1.165) is 88.6 Å². The number of aromatic nitrogens is 2. The summed E-state index contributed by atoms with van der Waals surface area (Å²) in [5.41, 5.74) is 15.8.